The average molecular weight is 250 g/mol. The predicted octanol–water partition coefficient (Wildman–Crippen LogP) is 3.04. The lowest BCUT2D eigenvalue weighted by Gasteiger charge is -2.35. The highest BCUT2D eigenvalue weighted by Gasteiger charge is 2.18. The monoisotopic (exact) mass is 250 g/mol. The molecule has 1 unspecified atom stereocenters. The molecule has 1 aromatic carbocycles. The normalized spacial score (nSPS) is 22.5. The maximum absolute atomic E-state index is 6.03. The van der Waals surface area contributed by atoms with Crippen LogP contribution in [0.15, 0.2) is 24.3 Å². The summed E-state index contributed by atoms with van der Waals surface area (Å²) in [5.41, 5.74) is 8.62. The summed E-state index contributed by atoms with van der Waals surface area (Å²) in [6.45, 7) is 5.59. The molecule has 1 aromatic rings. The van der Waals surface area contributed by atoms with Crippen molar-refractivity contribution < 1.29 is 0 Å². The van der Waals surface area contributed by atoms with Gasteiger partial charge in [0.2, 0.25) is 0 Å². The van der Waals surface area contributed by atoms with Gasteiger partial charge in [0.15, 0.2) is 0 Å². The molecule has 0 radical (unpaired) electrons. The van der Waals surface area contributed by atoms with Gasteiger partial charge in [0, 0.05) is 35.8 Å². The lowest BCUT2D eigenvalue weighted by Crippen LogP contribution is -2.40. The van der Waals surface area contributed by atoms with Gasteiger partial charge >= 0.3 is 0 Å². The Hall–Kier alpha value is -0.670. The molecule has 0 amide bonds. The SMILES string of the molecule is CC[C@H](N)c1ccc(N2CCSCC2C)cc1. The summed E-state index contributed by atoms with van der Waals surface area (Å²) in [4.78, 5) is 2.50. The molecule has 2 N–H and O–H groups in total. The van der Waals surface area contributed by atoms with Gasteiger partial charge in [-0.3, -0.25) is 0 Å². The van der Waals surface area contributed by atoms with Crippen LogP contribution in [-0.2, 0) is 0 Å². The van der Waals surface area contributed by atoms with E-state index in [1.165, 1.54) is 22.8 Å². The number of hydrogen-bond donors (Lipinski definition) is 1. The van der Waals surface area contributed by atoms with E-state index in [2.05, 4.69) is 54.8 Å². The third kappa shape index (κ3) is 2.96. The summed E-state index contributed by atoms with van der Waals surface area (Å²) in [6.07, 6.45) is 0.996. The molecular weight excluding hydrogens is 228 g/mol. The second kappa shape index (κ2) is 5.78. The van der Waals surface area contributed by atoms with E-state index >= 15 is 0 Å². The van der Waals surface area contributed by atoms with Gasteiger partial charge in [0.1, 0.15) is 0 Å². The molecule has 0 aromatic heterocycles. The molecule has 1 heterocycles. The number of benzene rings is 1. The van der Waals surface area contributed by atoms with E-state index < -0.39 is 0 Å². The van der Waals surface area contributed by atoms with Gasteiger partial charge in [-0.15, -0.1) is 0 Å². The van der Waals surface area contributed by atoms with E-state index in [0.29, 0.717) is 6.04 Å². The van der Waals surface area contributed by atoms with E-state index in [4.69, 9.17) is 5.73 Å². The third-order valence-corrected chi connectivity index (χ3v) is 4.65. The molecule has 0 aliphatic carbocycles. The summed E-state index contributed by atoms with van der Waals surface area (Å²) < 4.78 is 0. The Morgan fingerprint density at radius 3 is 2.71 bits per heavy atom. The molecule has 0 bridgehead atoms. The minimum Gasteiger partial charge on any atom is -0.367 e. The highest BCUT2D eigenvalue weighted by atomic mass is 32.2. The Kier molecular flexibility index (Phi) is 4.35. The van der Waals surface area contributed by atoms with Crippen molar-refractivity contribution in [1.29, 1.82) is 0 Å². The first-order chi connectivity index (χ1) is 8.22. The summed E-state index contributed by atoms with van der Waals surface area (Å²) in [6, 6.07) is 9.61. The van der Waals surface area contributed by atoms with Crippen molar-refractivity contribution in [2.24, 2.45) is 5.73 Å². The summed E-state index contributed by atoms with van der Waals surface area (Å²) >= 11 is 2.05. The first kappa shape index (κ1) is 12.8. The first-order valence-corrected chi connectivity index (χ1v) is 7.57. The highest BCUT2D eigenvalue weighted by Crippen LogP contribution is 2.25. The Labute approximate surface area is 109 Å². The number of nitrogens with zero attached hydrogens (tertiary/aromatic N) is 1. The molecule has 0 saturated carbocycles. The van der Waals surface area contributed by atoms with Gasteiger partial charge in [-0.05, 0) is 31.0 Å². The van der Waals surface area contributed by atoms with Gasteiger partial charge in [-0.25, -0.2) is 0 Å². The quantitative estimate of drug-likeness (QED) is 0.894. The first-order valence-electron chi connectivity index (χ1n) is 6.42. The lowest BCUT2D eigenvalue weighted by atomic mass is 10.0. The second-order valence-electron chi connectivity index (χ2n) is 4.72. The number of hydrogen-bond acceptors (Lipinski definition) is 3. The van der Waals surface area contributed by atoms with Crippen molar-refractivity contribution in [3.63, 3.8) is 0 Å². The molecule has 2 nitrogen and oxygen atoms in total. The molecule has 1 aliphatic heterocycles. The fourth-order valence-electron chi connectivity index (χ4n) is 2.26. The van der Waals surface area contributed by atoms with Gasteiger partial charge in [0.25, 0.3) is 0 Å². The van der Waals surface area contributed by atoms with Crippen LogP contribution in [0, 0.1) is 0 Å². The third-order valence-electron chi connectivity index (χ3n) is 3.46. The zero-order chi connectivity index (χ0) is 12.3. The summed E-state index contributed by atoms with van der Waals surface area (Å²) in [7, 11) is 0. The Balaban J connectivity index is 2.11. The van der Waals surface area contributed by atoms with Crippen molar-refractivity contribution in [2.45, 2.75) is 32.4 Å². The lowest BCUT2D eigenvalue weighted by molar-refractivity contribution is 0.691. The van der Waals surface area contributed by atoms with E-state index in [-0.39, 0.29) is 6.04 Å². The van der Waals surface area contributed by atoms with Gasteiger partial charge in [0.05, 0.1) is 0 Å². The largest absolute Gasteiger partial charge is 0.367 e. The molecule has 3 heteroatoms. The van der Waals surface area contributed by atoms with Crippen LogP contribution in [-0.4, -0.2) is 24.1 Å². The molecule has 1 fully saturated rings. The molecule has 94 valence electrons. The Morgan fingerprint density at radius 2 is 2.12 bits per heavy atom. The van der Waals surface area contributed by atoms with Crippen LogP contribution in [0.4, 0.5) is 5.69 Å². The molecule has 2 rings (SSSR count). The Bertz CT molecular complexity index is 350. The van der Waals surface area contributed by atoms with Crippen molar-refractivity contribution in [1.82, 2.24) is 0 Å². The van der Waals surface area contributed by atoms with Crippen LogP contribution < -0.4 is 10.6 Å². The van der Waals surface area contributed by atoms with Crippen LogP contribution >= 0.6 is 11.8 Å². The summed E-state index contributed by atoms with van der Waals surface area (Å²) in [5.74, 6) is 2.47. The number of nitrogens with two attached hydrogens (primary N) is 1. The van der Waals surface area contributed by atoms with Crippen LogP contribution in [0.5, 0.6) is 0 Å². The predicted molar refractivity (Wildman–Crippen MR) is 77.8 cm³/mol. The maximum Gasteiger partial charge on any atom is 0.0369 e. The molecule has 1 aliphatic rings. The molecule has 1 saturated heterocycles. The second-order valence-corrected chi connectivity index (χ2v) is 5.87. The van der Waals surface area contributed by atoms with Crippen molar-refractivity contribution in [3.8, 4) is 0 Å². The maximum atomic E-state index is 6.03. The number of anilines is 1. The molecular formula is C14H22N2S. The van der Waals surface area contributed by atoms with Crippen LogP contribution in [0.3, 0.4) is 0 Å². The number of rotatable bonds is 3. The summed E-state index contributed by atoms with van der Waals surface area (Å²) in [5, 5.41) is 0. The standard InChI is InChI=1S/C14H22N2S/c1-3-14(15)12-4-6-13(7-5-12)16-8-9-17-10-11(16)2/h4-7,11,14H,3,8-10,15H2,1-2H3/t11?,14-/m0/s1. The zero-order valence-corrected chi connectivity index (χ0v) is 11.5. The van der Waals surface area contributed by atoms with Crippen molar-refractivity contribution in [3.05, 3.63) is 29.8 Å². The highest BCUT2D eigenvalue weighted by molar-refractivity contribution is 7.99. The van der Waals surface area contributed by atoms with E-state index in [1.807, 2.05) is 0 Å². The molecule has 17 heavy (non-hydrogen) atoms. The zero-order valence-electron chi connectivity index (χ0n) is 10.7. The van der Waals surface area contributed by atoms with Crippen molar-refractivity contribution >= 4 is 17.4 Å². The Morgan fingerprint density at radius 1 is 1.41 bits per heavy atom. The van der Waals surface area contributed by atoms with Gasteiger partial charge < -0.3 is 10.6 Å². The van der Waals surface area contributed by atoms with Crippen molar-refractivity contribution in [2.75, 3.05) is 23.0 Å². The molecule has 2 atom stereocenters. The minimum atomic E-state index is 0.179. The molecule has 0 spiro atoms. The van der Waals surface area contributed by atoms with Crippen LogP contribution in [0.1, 0.15) is 31.9 Å². The van der Waals surface area contributed by atoms with Gasteiger partial charge in [-0.2, -0.15) is 11.8 Å². The van der Waals surface area contributed by atoms with E-state index in [0.717, 1.165) is 13.0 Å². The van der Waals surface area contributed by atoms with Gasteiger partial charge in [-0.1, -0.05) is 19.1 Å². The number of thioether (sulfide) groups is 1. The smallest absolute Gasteiger partial charge is 0.0369 e. The van der Waals surface area contributed by atoms with E-state index in [1.54, 1.807) is 0 Å². The fourth-order valence-corrected chi connectivity index (χ4v) is 3.27. The fraction of sp³-hybridized carbons (Fsp3) is 0.571. The average Bonchev–Trinajstić information content (AvgIpc) is 2.39. The van der Waals surface area contributed by atoms with Crippen LogP contribution in [0.2, 0.25) is 0 Å². The minimum absolute atomic E-state index is 0.179. The van der Waals surface area contributed by atoms with Crippen LogP contribution in [0.25, 0.3) is 0 Å². The topological polar surface area (TPSA) is 29.3 Å². The van der Waals surface area contributed by atoms with E-state index in [9.17, 15) is 0 Å².